The predicted octanol–water partition coefficient (Wildman–Crippen LogP) is 2.44. The summed E-state index contributed by atoms with van der Waals surface area (Å²) in [5.74, 6) is 1.63. The number of pyridine rings is 1. The van der Waals surface area contributed by atoms with Crippen LogP contribution in [0.4, 0.5) is 11.5 Å². The van der Waals surface area contributed by atoms with E-state index in [2.05, 4.69) is 66.7 Å². The van der Waals surface area contributed by atoms with E-state index in [4.69, 9.17) is 10.7 Å². The third-order valence-corrected chi connectivity index (χ3v) is 5.22. The quantitative estimate of drug-likeness (QED) is 0.633. The molecule has 3 heterocycles. The second kappa shape index (κ2) is 6.92. The molecule has 0 radical (unpaired) electrons. The van der Waals surface area contributed by atoms with Crippen molar-refractivity contribution in [1.82, 2.24) is 19.4 Å². The first-order valence-electron chi connectivity index (χ1n) is 9.47. The van der Waals surface area contributed by atoms with Crippen LogP contribution < -0.4 is 16.4 Å². The SMILES string of the molecule is Cc1cccc(C)c1C1(N)Nc2ccc(NCCN(C)C)nc2-n2cncc21. The number of anilines is 2. The van der Waals surface area contributed by atoms with Gasteiger partial charge in [0.25, 0.3) is 0 Å². The van der Waals surface area contributed by atoms with Crippen molar-refractivity contribution in [3.63, 3.8) is 0 Å². The van der Waals surface area contributed by atoms with Gasteiger partial charge in [-0.2, -0.15) is 0 Å². The van der Waals surface area contributed by atoms with Gasteiger partial charge in [0, 0.05) is 18.7 Å². The Morgan fingerprint density at radius 1 is 1.18 bits per heavy atom. The first-order chi connectivity index (χ1) is 13.4. The molecule has 1 unspecified atom stereocenters. The van der Waals surface area contributed by atoms with Crippen LogP contribution in [0, 0.1) is 13.8 Å². The van der Waals surface area contributed by atoms with E-state index in [0.717, 1.165) is 52.8 Å². The van der Waals surface area contributed by atoms with Gasteiger partial charge in [-0.1, -0.05) is 18.2 Å². The van der Waals surface area contributed by atoms with Crippen molar-refractivity contribution in [2.45, 2.75) is 19.5 Å². The molecule has 0 spiro atoms. The molecule has 1 aromatic carbocycles. The molecule has 0 aliphatic carbocycles. The van der Waals surface area contributed by atoms with Gasteiger partial charge in [-0.15, -0.1) is 0 Å². The van der Waals surface area contributed by atoms with Crippen LogP contribution in [0.2, 0.25) is 0 Å². The predicted molar refractivity (Wildman–Crippen MR) is 113 cm³/mol. The maximum absolute atomic E-state index is 6.98. The molecule has 2 aromatic heterocycles. The molecule has 28 heavy (non-hydrogen) atoms. The second-order valence-electron chi connectivity index (χ2n) is 7.65. The van der Waals surface area contributed by atoms with Crippen LogP contribution in [0.3, 0.4) is 0 Å². The molecule has 1 aliphatic heterocycles. The van der Waals surface area contributed by atoms with Crippen molar-refractivity contribution < 1.29 is 0 Å². The number of aromatic nitrogens is 3. The highest BCUT2D eigenvalue weighted by Gasteiger charge is 2.40. The number of nitrogens with two attached hydrogens (primary N) is 1. The van der Waals surface area contributed by atoms with Gasteiger partial charge in [-0.25, -0.2) is 9.97 Å². The molecule has 0 saturated heterocycles. The number of aryl methyl sites for hydroxylation is 2. The zero-order chi connectivity index (χ0) is 19.9. The van der Waals surface area contributed by atoms with Gasteiger partial charge in [0.1, 0.15) is 12.1 Å². The van der Waals surface area contributed by atoms with Crippen molar-refractivity contribution >= 4 is 11.5 Å². The molecule has 4 N–H and O–H groups in total. The standard InChI is InChI=1S/C21H27N7/c1-14-6-5-7-15(2)19(14)21(22)17-12-23-13-28(17)20-16(26-21)8-9-18(25-20)24-10-11-27(3)4/h5-9,12-13,26H,10-11,22H2,1-4H3,(H,24,25). The van der Waals surface area contributed by atoms with Crippen LogP contribution in [0.1, 0.15) is 22.4 Å². The number of rotatable bonds is 5. The Hall–Kier alpha value is -2.90. The molecule has 4 rings (SSSR count). The van der Waals surface area contributed by atoms with Crippen LogP contribution in [-0.2, 0) is 5.66 Å². The van der Waals surface area contributed by atoms with Crippen molar-refractivity contribution in [1.29, 1.82) is 0 Å². The largest absolute Gasteiger partial charge is 0.369 e. The monoisotopic (exact) mass is 377 g/mol. The number of nitrogens with zero attached hydrogens (tertiary/aromatic N) is 4. The first-order valence-corrected chi connectivity index (χ1v) is 9.47. The lowest BCUT2D eigenvalue weighted by Gasteiger charge is -2.39. The zero-order valence-corrected chi connectivity index (χ0v) is 16.8. The summed E-state index contributed by atoms with van der Waals surface area (Å²) in [6.07, 6.45) is 3.59. The van der Waals surface area contributed by atoms with Gasteiger partial charge in [0.2, 0.25) is 0 Å². The highest BCUT2D eigenvalue weighted by Crippen LogP contribution is 2.39. The second-order valence-corrected chi connectivity index (χ2v) is 7.65. The molecule has 1 atom stereocenters. The van der Waals surface area contributed by atoms with E-state index in [0.29, 0.717) is 0 Å². The minimum absolute atomic E-state index is 0.801. The Morgan fingerprint density at radius 2 is 1.93 bits per heavy atom. The fourth-order valence-corrected chi connectivity index (χ4v) is 3.89. The molecule has 1 aliphatic rings. The molecule has 0 amide bonds. The molecule has 146 valence electrons. The lowest BCUT2D eigenvalue weighted by molar-refractivity contribution is 0.425. The van der Waals surface area contributed by atoms with Crippen LogP contribution in [-0.4, -0.2) is 46.6 Å². The highest BCUT2D eigenvalue weighted by atomic mass is 15.3. The van der Waals surface area contributed by atoms with Crippen molar-refractivity contribution in [2.75, 3.05) is 37.8 Å². The Kier molecular flexibility index (Phi) is 4.56. The van der Waals surface area contributed by atoms with Gasteiger partial charge < -0.3 is 15.5 Å². The average molecular weight is 377 g/mol. The maximum Gasteiger partial charge on any atom is 0.164 e. The normalized spacial score (nSPS) is 17.8. The summed E-state index contributed by atoms with van der Waals surface area (Å²) in [6, 6.07) is 10.2. The smallest absolute Gasteiger partial charge is 0.164 e. The Labute approximate surface area is 165 Å². The molecule has 7 heteroatoms. The van der Waals surface area contributed by atoms with Gasteiger partial charge in [0.05, 0.1) is 17.6 Å². The van der Waals surface area contributed by atoms with Crippen LogP contribution in [0.25, 0.3) is 5.82 Å². The average Bonchev–Trinajstić information content (AvgIpc) is 3.13. The summed E-state index contributed by atoms with van der Waals surface area (Å²) in [5, 5.41) is 6.91. The number of imidazole rings is 1. The number of nitrogens with one attached hydrogen (secondary N) is 2. The third-order valence-electron chi connectivity index (χ3n) is 5.22. The van der Waals surface area contributed by atoms with E-state index in [1.165, 1.54) is 0 Å². The summed E-state index contributed by atoms with van der Waals surface area (Å²) >= 11 is 0. The van der Waals surface area contributed by atoms with Crippen LogP contribution >= 0.6 is 0 Å². The first kappa shape index (κ1) is 18.5. The lowest BCUT2D eigenvalue weighted by Crippen LogP contribution is -2.50. The van der Waals surface area contributed by atoms with Crippen LogP contribution in [0.5, 0.6) is 0 Å². The summed E-state index contributed by atoms with van der Waals surface area (Å²) in [7, 11) is 4.11. The van der Waals surface area contributed by atoms with E-state index in [1.807, 2.05) is 22.9 Å². The molecule has 0 bridgehead atoms. The molecular weight excluding hydrogens is 350 g/mol. The lowest BCUT2D eigenvalue weighted by atomic mass is 9.87. The Balaban J connectivity index is 1.75. The van der Waals surface area contributed by atoms with Crippen molar-refractivity contribution in [3.8, 4) is 5.82 Å². The van der Waals surface area contributed by atoms with Gasteiger partial charge >= 0.3 is 0 Å². The Morgan fingerprint density at radius 3 is 2.64 bits per heavy atom. The number of likely N-dealkylation sites (N-methyl/N-ethyl adjacent to an activating group) is 1. The van der Waals surface area contributed by atoms with E-state index in [1.54, 1.807) is 6.33 Å². The fraction of sp³-hybridized carbons (Fsp3) is 0.333. The third kappa shape index (κ3) is 3.02. The molecule has 7 nitrogen and oxygen atoms in total. The number of hydrogen-bond donors (Lipinski definition) is 3. The molecule has 0 saturated carbocycles. The van der Waals surface area contributed by atoms with Gasteiger partial charge in [-0.05, 0) is 51.2 Å². The van der Waals surface area contributed by atoms with E-state index in [-0.39, 0.29) is 0 Å². The van der Waals surface area contributed by atoms with Gasteiger partial charge in [-0.3, -0.25) is 10.3 Å². The minimum Gasteiger partial charge on any atom is -0.369 e. The highest BCUT2D eigenvalue weighted by molar-refractivity contribution is 5.68. The van der Waals surface area contributed by atoms with Crippen LogP contribution in [0.15, 0.2) is 42.9 Å². The number of benzene rings is 1. The van der Waals surface area contributed by atoms with Crippen molar-refractivity contribution in [2.24, 2.45) is 5.73 Å². The van der Waals surface area contributed by atoms with E-state index >= 15 is 0 Å². The molecule has 0 fully saturated rings. The maximum atomic E-state index is 6.98. The zero-order valence-electron chi connectivity index (χ0n) is 16.8. The number of hydrogen-bond acceptors (Lipinski definition) is 6. The van der Waals surface area contributed by atoms with Crippen molar-refractivity contribution in [3.05, 3.63) is 65.2 Å². The fourth-order valence-electron chi connectivity index (χ4n) is 3.89. The summed E-state index contributed by atoms with van der Waals surface area (Å²) in [6.45, 7) is 5.94. The number of fused-ring (bicyclic) bond motifs is 3. The summed E-state index contributed by atoms with van der Waals surface area (Å²) in [5.41, 5.74) is 11.2. The molecule has 3 aromatic rings. The van der Waals surface area contributed by atoms with E-state index < -0.39 is 5.66 Å². The molecular formula is C21H27N7. The Bertz CT molecular complexity index is 987. The summed E-state index contributed by atoms with van der Waals surface area (Å²) in [4.78, 5) is 11.3. The summed E-state index contributed by atoms with van der Waals surface area (Å²) < 4.78 is 1.98. The topological polar surface area (TPSA) is 84.0 Å². The minimum atomic E-state index is -0.875. The van der Waals surface area contributed by atoms with E-state index in [9.17, 15) is 0 Å². The van der Waals surface area contributed by atoms with Gasteiger partial charge in [0.15, 0.2) is 11.5 Å².